The van der Waals surface area contributed by atoms with Crippen LogP contribution in [0.25, 0.3) is 11.3 Å². The second-order valence-electron chi connectivity index (χ2n) is 5.39. The van der Waals surface area contributed by atoms with Crippen molar-refractivity contribution in [2.24, 2.45) is 0 Å². The van der Waals surface area contributed by atoms with Crippen LogP contribution in [0.1, 0.15) is 26.2 Å². The average molecular weight is 302 g/mol. The lowest BCUT2D eigenvalue weighted by atomic mass is 10.1. The number of rotatable bonds is 6. The van der Waals surface area contributed by atoms with Crippen LogP contribution in [0.15, 0.2) is 30.5 Å². The molecule has 5 nitrogen and oxygen atoms in total. The number of aryl methyl sites for hydroxylation is 1. The summed E-state index contributed by atoms with van der Waals surface area (Å²) in [6.45, 7) is 3.83. The quantitative estimate of drug-likeness (QED) is 0.819. The van der Waals surface area contributed by atoms with Crippen LogP contribution in [0.4, 0.5) is 0 Å². The normalized spacial score (nSPS) is 17.6. The van der Waals surface area contributed by atoms with Crippen molar-refractivity contribution < 1.29 is 14.2 Å². The van der Waals surface area contributed by atoms with Crippen LogP contribution in [0.5, 0.6) is 11.5 Å². The third-order valence-electron chi connectivity index (χ3n) is 3.70. The molecule has 0 aliphatic carbocycles. The zero-order chi connectivity index (χ0) is 15.4. The van der Waals surface area contributed by atoms with Gasteiger partial charge in [0.1, 0.15) is 0 Å². The second kappa shape index (κ2) is 6.83. The third kappa shape index (κ3) is 3.25. The number of benzene rings is 1. The molecule has 1 aromatic heterocycles. The van der Waals surface area contributed by atoms with Crippen molar-refractivity contribution in [3.8, 4) is 22.8 Å². The van der Waals surface area contributed by atoms with Crippen molar-refractivity contribution in [1.82, 2.24) is 9.78 Å². The van der Waals surface area contributed by atoms with Crippen LogP contribution in [0.2, 0.25) is 0 Å². The maximum atomic E-state index is 5.93. The number of hydrogen-bond donors (Lipinski definition) is 0. The molecule has 0 N–H and O–H groups in total. The summed E-state index contributed by atoms with van der Waals surface area (Å²) in [7, 11) is 1.65. The Bertz CT molecular complexity index is 618. The van der Waals surface area contributed by atoms with Gasteiger partial charge in [-0.1, -0.05) is 6.92 Å². The van der Waals surface area contributed by atoms with Gasteiger partial charge in [0.25, 0.3) is 0 Å². The highest BCUT2D eigenvalue weighted by Crippen LogP contribution is 2.33. The van der Waals surface area contributed by atoms with Crippen LogP contribution >= 0.6 is 0 Å². The molecular formula is C17H22N2O3. The standard InChI is InChI=1S/C17H22N2O3/c1-3-9-19-10-8-14(18-19)13-6-7-15(20-2)16(12-13)22-17-5-4-11-21-17/h6-8,10,12,17H,3-5,9,11H2,1-2H3. The zero-order valence-corrected chi connectivity index (χ0v) is 13.1. The molecule has 1 unspecified atom stereocenters. The average Bonchev–Trinajstić information content (AvgIpc) is 3.19. The van der Waals surface area contributed by atoms with E-state index in [1.165, 1.54) is 0 Å². The van der Waals surface area contributed by atoms with E-state index in [1.54, 1.807) is 7.11 Å². The molecule has 1 fully saturated rings. The molecule has 1 aliphatic heterocycles. The Balaban J connectivity index is 1.84. The highest BCUT2D eigenvalue weighted by atomic mass is 16.7. The van der Waals surface area contributed by atoms with E-state index in [1.807, 2.05) is 35.1 Å². The molecule has 1 aromatic carbocycles. The molecule has 3 rings (SSSR count). The minimum atomic E-state index is -0.179. The van der Waals surface area contributed by atoms with Crippen LogP contribution < -0.4 is 9.47 Å². The Labute approximate surface area is 130 Å². The van der Waals surface area contributed by atoms with Gasteiger partial charge in [0.05, 0.1) is 19.4 Å². The molecule has 118 valence electrons. The van der Waals surface area contributed by atoms with Gasteiger partial charge in [-0.3, -0.25) is 4.68 Å². The topological polar surface area (TPSA) is 45.5 Å². The van der Waals surface area contributed by atoms with E-state index < -0.39 is 0 Å². The molecule has 5 heteroatoms. The van der Waals surface area contributed by atoms with Crippen molar-refractivity contribution in [2.45, 2.75) is 39.0 Å². The Hall–Kier alpha value is -2.01. The lowest BCUT2D eigenvalue weighted by molar-refractivity contribution is -0.0402. The smallest absolute Gasteiger partial charge is 0.200 e. The molecule has 0 amide bonds. The Morgan fingerprint density at radius 3 is 2.95 bits per heavy atom. The predicted molar refractivity (Wildman–Crippen MR) is 84.1 cm³/mol. The summed E-state index contributed by atoms with van der Waals surface area (Å²) >= 11 is 0. The first-order valence-electron chi connectivity index (χ1n) is 7.80. The maximum Gasteiger partial charge on any atom is 0.200 e. The van der Waals surface area contributed by atoms with E-state index >= 15 is 0 Å². The summed E-state index contributed by atoms with van der Waals surface area (Å²) < 4.78 is 18.8. The molecule has 0 bridgehead atoms. The number of hydrogen-bond acceptors (Lipinski definition) is 4. The van der Waals surface area contributed by atoms with E-state index in [-0.39, 0.29) is 6.29 Å². The van der Waals surface area contributed by atoms with Gasteiger partial charge < -0.3 is 14.2 Å². The Morgan fingerprint density at radius 1 is 1.32 bits per heavy atom. The summed E-state index contributed by atoms with van der Waals surface area (Å²) in [5.41, 5.74) is 1.96. The van der Waals surface area contributed by atoms with Gasteiger partial charge in [-0.05, 0) is 37.1 Å². The third-order valence-corrected chi connectivity index (χ3v) is 3.70. The fourth-order valence-electron chi connectivity index (χ4n) is 2.58. The number of methoxy groups -OCH3 is 1. The van der Waals surface area contributed by atoms with E-state index in [2.05, 4.69) is 12.0 Å². The monoisotopic (exact) mass is 302 g/mol. The fraction of sp³-hybridized carbons (Fsp3) is 0.471. The van der Waals surface area contributed by atoms with Crippen LogP contribution in [0, 0.1) is 0 Å². The van der Waals surface area contributed by atoms with Crippen LogP contribution in [0.3, 0.4) is 0 Å². The van der Waals surface area contributed by atoms with Gasteiger partial charge in [-0.15, -0.1) is 0 Å². The first-order valence-corrected chi connectivity index (χ1v) is 7.80. The first kappa shape index (κ1) is 14.9. The number of aromatic nitrogens is 2. The summed E-state index contributed by atoms with van der Waals surface area (Å²) in [4.78, 5) is 0. The van der Waals surface area contributed by atoms with Gasteiger partial charge in [-0.25, -0.2) is 0 Å². The lowest BCUT2D eigenvalue weighted by Gasteiger charge is -2.16. The molecule has 2 aromatic rings. The molecule has 1 atom stereocenters. The summed E-state index contributed by atoms with van der Waals surface area (Å²) in [5, 5.41) is 4.59. The Kier molecular flexibility index (Phi) is 4.63. The Morgan fingerprint density at radius 2 is 2.23 bits per heavy atom. The van der Waals surface area contributed by atoms with Crippen LogP contribution in [-0.4, -0.2) is 29.8 Å². The molecule has 1 saturated heterocycles. The molecule has 0 radical (unpaired) electrons. The van der Waals surface area contributed by atoms with Crippen molar-refractivity contribution in [3.05, 3.63) is 30.5 Å². The van der Waals surface area contributed by atoms with Crippen molar-refractivity contribution in [3.63, 3.8) is 0 Å². The molecule has 1 aliphatic rings. The van der Waals surface area contributed by atoms with Crippen LogP contribution in [-0.2, 0) is 11.3 Å². The van der Waals surface area contributed by atoms with Crippen molar-refractivity contribution in [1.29, 1.82) is 0 Å². The summed E-state index contributed by atoms with van der Waals surface area (Å²) in [5.74, 6) is 1.42. The second-order valence-corrected chi connectivity index (χ2v) is 5.39. The lowest BCUT2D eigenvalue weighted by Crippen LogP contribution is -2.14. The van der Waals surface area contributed by atoms with E-state index in [4.69, 9.17) is 14.2 Å². The van der Waals surface area contributed by atoms with E-state index in [0.717, 1.165) is 43.7 Å². The van der Waals surface area contributed by atoms with Crippen molar-refractivity contribution in [2.75, 3.05) is 13.7 Å². The minimum Gasteiger partial charge on any atom is -0.493 e. The zero-order valence-electron chi connectivity index (χ0n) is 13.1. The number of nitrogens with zero attached hydrogens (tertiary/aromatic N) is 2. The first-order chi connectivity index (χ1) is 10.8. The molecular weight excluding hydrogens is 280 g/mol. The molecule has 0 spiro atoms. The SMILES string of the molecule is CCCn1ccc(-c2ccc(OC)c(OC3CCCO3)c2)n1. The number of ether oxygens (including phenoxy) is 3. The molecule has 0 saturated carbocycles. The van der Waals surface area contributed by atoms with Gasteiger partial charge in [0.15, 0.2) is 17.8 Å². The van der Waals surface area contributed by atoms with E-state index in [9.17, 15) is 0 Å². The molecule has 22 heavy (non-hydrogen) atoms. The van der Waals surface area contributed by atoms with E-state index in [0.29, 0.717) is 11.5 Å². The van der Waals surface area contributed by atoms with Gasteiger partial charge >= 0.3 is 0 Å². The van der Waals surface area contributed by atoms with Crippen molar-refractivity contribution >= 4 is 0 Å². The highest BCUT2D eigenvalue weighted by Gasteiger charge is 2.19. The minimum absolute atomic E-state index is 0.179. The largest absolute Gasteiger partial charge is 0.493 e. The van der Waals surface area contributed by atoms with Gasteiger partial charge in [-0.2, -0.15) is 5.10 Å². The summed E-state index contributed by atoms with van der Waals surface area (Å²) in [6.07, 6.45) is 4.84. The maximum absolute atomic E-state index is 5.93. The summed E-state index contributed by atoms with van der Waals surface area (Å²) in [6, 6.07) is 7.91. The fourth-order valence-corrected chi connectivity index (χ4v) is 2.58. The van der Waals surface area contributed by atoms with Gasteiger partial charge in [0, 0.05) is 24.7 Å². The molecule has 2 heterocycles. The van der Waals surface area contributed by atoms with Gasteiger partial charge in [0.2, 0.25) is 0 Å². The highest BCUT2D eigenvalue weighted by molar-refractivity contribution is 5.63. The predicted octanol–water partition coefficient (Wildman–Crippen LogP) is 3.48.